The van der Waals surface area contributed by atoms with Crippen LogP contribution in [-0.4, -0.2) is 26.9 Å². The zero-order valence-corrected chi connectivity index (χ0v) is 13.4. The Morgan fingerprint density at radius 1 is 1.19 bits per heavy atom. The second-order valence-electron chi connectivity index (χ2n) is 5.27. The number of hydrogen-bond donors (Lipinski definition) is 3. The first-order valence-electron chi connectivity index (χ1n) is 6.89. The van der Waals surface area contributed by atoms with Crippen LogP contribution in [0.2, 0.25) is 0 Å². The molecular weight excluding hydrogens is 290 g/mol. The van der Waals surface area contributed by atoms with Gasteiger partial charge in [0.2, 0.25) is 15.9 Å². The highest BCUT2D eigenvalue weighted by molar-refractivity contribution is 7.89. The van der Waals surface area contributed by atoms with E-state index in [9.17, 15) is 13.2 Å². The van der Waals surface area contributed by atoms with E-state index in [1.165, 1.54) is 12.1 Å². The van der Waals surface area contributed by atoms with Crippen LogP contribution in [0, 0.1) is 5.92 Å². The van der Waals surface area contributed by atoms with Gasteiger partial charge in [0.15, 0.2) is 0 Å². The highest BCUT2D eigenvalue weighted by Crippen LogP contribution is 2.15. The molecule has 0 heterocycles. The summed E-state index contributed by atoms with van der Waals surface area (Å²) in [6.45, 7) is 5.76. The van der Waals surface area contributed by atoms with Crippen molar-refractivity contribution < 1.29 is 13.2 Å². The molecule has 0 saturated carbocycles. The molecule has 1 atom stereocenters. The van der Waals surface area contributed by atoms with Crippen molar-refractivity contribution in [1.82, 2.24) is 4.72 Å². The third kappa shape index (κ3) is 5.45. The van der Waals surface area contributed by atoms with E-state index >= 15 is 0 Å². The molecule has 7 heteroatoms. The third-order valence-electron chi connectivity index (χ3n) is 2.87. The van der Waals surface area contributed by atoms with E-state index < -0.39 is 10.0 Å². The number of carbonyl (C=O) groups excluding carboxylic acids is 1. The molecule has 0 aliphatic carbocycles. The number of hydrogen-bond acceptors (Lipinski definition) is 4. The molecule has 0 spiro atoms. The van der Waals surface area contributed by atoms with Gasteiger partial charge < -0.3 is 11.1 Å². The van der Waals surface area contributed by atoms with E-state index in [2.05, 4.69) is 10.0 Å². The summed E-state index contributed by atoms with van der Waals surface area (Å²) < 4.78 is 26.4. The van der Waals surface area contributed by atoms with Crippen LogP contribution in [0.1, 0.15) is 27.2 Å². The minimum Gasteiger partial charge on any atom is -0.330 e. The minimum absolute atomic E-state index is 0.128. The molecule has 1 amide bonds. The molecule has 1 unspecified atom stereocenters. The zero-order chi connectivity index (χ0) is 16.0. The quantitative estimate of drug-likeness (QED) is 0.706. The Morgan fingerprint density at radius 2 is 1.76 bits per heavy atom. The van der Waals surface area contributed by atoms with Gasteiger partial charge in [-0.25, -0.2) is 13.1 Å². The first-order valence-corrected chi connectivity index (χ1v) is 8.38. The summed E-state index contributed by atoms with van der Waals surface area (Å²) in [7, 11) is -3.51. The molecule has 1 aromatic rings. The Balaban J connectivity index is 2.77. The van der Waals surface area contributed by atoms with E-state index in [1.54, 1.807) is 32.9 Å². The molecule has 1 rings (SSSR count). The standard InChI is InChI=1S/C14H23N3O3S/c1-10(2)17-21(19,20)13-6-4-12(5-7-13)16-14(18)11(3)8-9-15/h4-7,10-11,17H,8-9,15H2,1-3H3,(H,16,18). The number of nitrogens with one attached hydrogen (secondary N) is 2. The number of sulfonamides is 1. The number of amides is 1. The van der Waals surface area contributed by atoms with Crippen LogP contribution in [0.15, 0.2) is 29.2 Å². The van der Waals surface area contributed by atoms with Crippen molar-refractivity contribution in [3.63, 3.8) is 0 Å². The lowest BCUT2D eigenvalue weighted by atomic mass is 10.1. The Kier molecular flexibility index (Phi) is 6.32. The maximum absolute atomic E-state index is 12.0. The molecule has 0 bridgehead atoms. The maximum Gasteiger partial charge on any atom is 0.240 e. The van der Waals surface area contributed by atoms with Gasteiger partial charge in [-0.3, -0.25) is 4.79 Å². The molecule has 0 fully saturated rings. The van der Waals surface area contributed by atoms with Gasteiger partial charge in [0.25, 0.3) is 0 Å². The lowest BCUT2D eigenvalue weighted by Gasteiger charge is -2.12. The van der Waals surface area contributed by atoms with E-state index in [0.29, 0.717) is 18.7 Å². The third-order valence-corrected chi connectivity index (χ3v) is 4.54. The first-order chi connectivity index (χ1) is 9.76. The van der Waals surface area contributed by atoms with Gasteiger partial charge in [0.05, 0.1) is 4.90 Å². The molecular formula is C14H23N3O3S. The molecule has 4 N–H and O–H groups in total. The molecule has 1 aromatic carbocycles. The molecule has 0 aliphatic rings. The van der Waals surface area contributed by atoms with Gasteiger partial charge in [-0.05, 0) is 51.1 Å². The molecule has 0 saturated heterocycles. The summed E-state index contributed by atoms with van der Waals surface area (Å²) >= 11 is 0. The second kappa shape index (κ2) is 7.53. The molecule has 21 heavy (non-hydrogen) atoms. The summed E-state index contributed by atoms with van der Waals surface area (Å²) in [6, 6.07) is 5.90. The van der Waals surface area contributed by atoms with Crippen molar-refractivity contribution in [2.24, 2.45) is 11.7 Å². The Labute approximate surface area is 126 Å². The van der Waals surface area contributed by atoms with Gasteiger partial charge in [-0.1, -0.05) is 6.92 Å². The summed E-state index contributed by atoms with van der Waals surface area (Å²) in [4.78, 5) is 12.0. The van der Waals surface area contributed by atoms with Crippen molar-refractivity contribution in [2.75, 3.05) is 11.9 Å². The Bertz CT molecular complexity index is 568. The highest BCUT2D eigenvalue weighted by atomic mass is 32.2. The predicted octanol–water partition coefficient (Wildman–Crippen LogP) is 1.30. The summed E-state index contributed by atoms with van der Waals surface area (Å²) in [5, 5.41) is 2.74. The Hall–Kier alpha value is -1.44. The predicted molar refractivity (Wildman–Crippen MR) is 83.4 cm³/mol. The smallest absolute Gasteiger partial charge is 0.240 e. The molecule has 118 valence electrons. The average molecular weight is 313 g/mol. The molecule has 0 aromatic heterocycles. The molecule has 6 nitrogen and oxygen atoms in total. The SMILES string of the molecule is CC(C)NS(=O)(=O)c1ccc(NC(=O)C(C)CCN)cc1. The van der Waals surface area contributed by atoms with Crippen LogP contribution in [0.3, 0.4) is 0 Å². The van der Waals surface area contributed by atoms with E-state index in [4.69, 9.17) is 5.73 Å². The fraction of sp³-hybridized carbons (Fsp3) is 0.500. The molecule has 0 radical (unpaired) electrons. The molecule has 0 aliphatic heterocycles. The largest absolute Gasteiger partial charge is 0.330 e. The van der Waals surface area contributed by atoms with Crippen LogP contribution in [-0.2, 0) is 14.8 Å². The van der Waals surface area contributed by atoms with Gasteiger partial charge in [-0.2, -0.15) is 0 Å². The van der Waals surface area contributed by atoms with Crippen LogP contribution in [0.25, 0.3) is 0 Å². The summed E-state index contributed by atoms with van der Waals surface area (Å²) in [6.07, 6.45) is 0.608. The number of anilines is 1. The number of nitrogens with two attached hydrogens (primary N) is 1. The van der Waals surface area contributed by atoms with Crippen LogP contribution in [0.4, 0.5) is 5.69 Å². The van der Waals surface area contributed by atoms with E-state index in [1.807, 2.05) is 0 Å². The van der Waals surface area contributed by atoms with Gasteiger partial charge in [0, 0.05) is 17.6 Å². The first kappa shape index (κ1) is 17.6. The minimum atomic E-state index is -3.51. The lowest BCUT2D eigenvalue weighted by Crippen LogP contribution is -2.30. The average Bonchev–Trinajstić information content (AvgIpc) is 2.38. The second-order valence-corrected chi connectivity index (χ2v) is 6.98. The van der Waals surface area contributed by atoms with Crippen molar-refractivity contribution in [3.05, 3.63) is 24.3 Å². The van der Waals surface area contributed by atoms with Crippen LogP contribution >= 0.6 is 0 Å². The normalized spacial score (nSPS) is 13.2. The van der Waals surface area contributed by atoms with Crippen molar-refractivity contribution in [2.45, 2.75) is 38.1 Å². The van der Waals surface area contributed by atoms with Crippen molar-refractivity contribution in [1.29, 1.82) is 0 Å². The van der Waals surface area contributed by atoms with Crippen LogP contribution < -0.4 is 15.8 Å². The van der Waals surface area contributed by atoms with Gasteiger partial charge in [0.1, 0.15) is 0 Å². The summed E-state index contributed by atoms with van der Waals surface area (Å²) in [5.74, 6) is -0.308. The monoisotopic (exact) mass is 313 g/mol. The zero-order valence-electron chi connectivity index (χ0n) is 12.6. The Morgan fingerprint density at radius 3 is 2.24 bits per heavy atom. The number of carbonyl (C=O) groups is 1. The van der Waals surface area contributed by atoms with Crippen LogP contribution in [0.5, 0.6) is 0 Å². The van der Waals surface area contributed by atoms with Crippen molar-refractivity contribution >= 4 is 21.6 Å². The topological polar surface area (TPSA) is 101 Å². The fourth-order valence-corrected chi connectivity index (χ4v) is 2.99. The van der Waals surface area contributed by atoms with Gasteiger partial charge in [-0.15, -0.1) is 0 Å². The van der Waals surface area contributed by atoms with Gasteiger partial charge >= 0.3 is 0 Å². The number of benzene rings is 1. The van der Waals surface area contributed by atoms with E-state index in [0.717, 1.165) is 0 Å². The highest BCUT2D eigenvalue weighted by Gasteiger charge is 2.16. The lowest BCUT2D eigenvalue weighted by molar-refractivity contribution is -0.119. The fourth-order valence-electron chi connectivity index (χ4n) is 1.74. The maximum atomic E-state index is 12.0. The van der Waals surface area contributed by atoms with E-state index in [-0.39, 0.29) is 22.8 Å². The summed E-state index contributed by atoms with van der Waals surface area (Å²) in [5.41, 5.74) is 5.98. The van der Waals surface area contributed by atoms with Crippen molar-refractivity contribution in [3.8, 4) is 0 Å². The number of rotatable bonds is 7.